The lowest BCUT2D eigenvalue weighted by Gasteiger charge is -2.14. The molecule has 0 aromatic heterocycles. The van der Waals surface area contributed by atoms with Crippen LogP contribution in [-0.2, 0) is 0 Å². The molecule has 2 nitrogen and oxygen atoms in total. The number of hydrogen-bond donors (Lipinski definition) is 1. The van der Waals surface area contributed by atoms with Crippen molar-refractivity contribution >= 4 is 33.4 Å². The van der Waals surface area contributed by atoms with E-state index in [2.05, 4.69) is 21.2 Å². The number of rotatable bonds is 3. The Kier molecular flexibility index (Phi) is 3.03. The summed E-state index contributed by atoms with van der Waals surface area (Å²) in [4.78, 5) is 11.9. The monoisotopic (exact) mass is 287 g/mol. The smallest absolute Gasteiger partial charge is 0.252 e. The number of carbonyl (C=O) groups is 1. The van der Waals surface area contributed by atoms with Crippen molar-refractivity contribution in [1.82, 2.24) is 5.32 Å². The van der Waals surface area contributed by atoms with E-state index in [1.165, 1.54) is 0 Å². The minimum atomic E-state index is -0.145. The molecule has 0 heterocycles. The highest BCUT2D eigenvalue weighted by atomic mass is 79.9. The predicted octanol–water partition coefficient (Wildman–Crippen LogP) is 2.95. The van der Waals surface area contributed by atoms with Gasteiger partial charge in [0.1, 0.15) is 0 Å². The van der Waals surface area contributed by atoms with Crippen LogP contribution in [0.5, 0.6) is 0 Å². The van der Waals surface area contributed by atoms with Crippen LogP contribution in [0.3, 0.4) is 0 Å². The lowest BCUT2D eigenvalue weighted by Crippen LogP contribution is -2.38. The van der Waals surface area contributed by atoms with E-state index in [0.717, 1.165) is 17.3 Å². The van der Waals surface area contributed by atoms with Gasteiger partial charge < -0.3 is 5.32 Å². The lowest BCUT2D eigenvalue weighted by molar-refractivity contribution is 0.0935. The van der Waals surface area contributed by atoms with Gasteiger partial charge in [-0.1, -0.05) is 12.1 Å². The molecule has 1 amide bonds. The van der Waals surface area contributed by atoms with Crippen LogP contribution in [0, 0.1) is 0 Å². The number of alkyl halides is 1. The zero-order valence-electron chi connectivity index (χ0n) is 8.09. The Balaban J connectivity index is 2.12. The van der Waals surface area contributed by atoms with Gasteiger partial charge in [-0.15, -0.1) is 11.6 Å². The Hall–Kier alpha value is -0.540. The van der Waals surface area contributed by atoms with Crippen LogP contribution in [0.15, 0.2) is 28.7 Å². The predicted molar refractivity (Wildman–Crippen MR) is 64.3 cm³/mol. The Morgan fingerprint density at radius 1 is 1.47 bits per heavy atom. The van der Waals surface area contributed by atoms with Gasteiger partial charge in [0.2, 0.25) is 0 Å². The van der Waals surface area contributed by atoms with E-state index in [0.29, 0.717) is 11.4 Å². The van der Waals surface area contributed by atoms with Gasteiger partial charge in [0.25, 0.3) is 5.91 Å². The average Bonchev–Trinajstić information content (AvgIpc) is 2.99. The first-order chi connectivity index (χ1) is 7.17. The lowest BCUT2D eigenvalue weighted by atomic mass is 10.2. The van der Waals surface area contributed by atoms with Crippen LogP contribution in [0.2, 0.25) is 0 Å². The van der Waals surface area contributed by atoms with Crippen LogP contribution in [-0.4, -0.2) is 17.3 Å². The first kappa shape index (κ1) is 11.0. The van der Waals surface area contributed by atoms with E-state index in [-0.39, 0.29) is 11.4 Å². The van der Waals surface area contributed by atoms with Gasteiger partial charge in [0, 0.05) is 10.4 Å². The number of carbonyl (C=O) groups excluding carboxylic acids is 1. The second-order valence-corrected chi connectivity index (χ2v) is 4.97. The Labute approximate surface area is 102 Å². The maximum Gasteiger partial charge on any atom is 0.252 e. The van der Waals surface area contributed by atoms with Crippen molar-refractivity contribution < 1.29 is 4.79 Å². The standard InChI is InChI=1S/C11H11BrClNO/c12-9-4-2-1-3-8(9)10(15)14-11(7-13)5-6-11/h1-4H,5-7H2,(H,14,15). The molecule has 0 unspecified atom stereocenters. The van der Waals surface area contributed by atoms with Crippen molar-refractivity contribution in [2.75, 3.05) is 5.88 Å². The van der Waals surface area contributed by atoms with Gasteiger partial charge in [0.05, 0.1) is 11.1 Å². The highest BCUT2D eigenvalue weighted by Gasteiger charge is 2.43. The quantitative estimate of drug-likeness (QED) is 0.851. The fraction of sp³-hybridized carbons (Fsp3) is 0.364. The molecule has 0 saturated heterocycles. The third kappa shape index (κ3) is 2.34. The van der Waals surface area contributed by atoms with Crippen molar-refractivity contribution in [3.63, 3.8) is 0 Å². The Bertz CT molecular complexity index is 390. The van der Waals surface area contributed by atoms with Crippen LogP contribution in [0.1, 0.15) is 23.2 Å². The second-order valence-electron chi connectivity index (χ2n) is 3.85. The number of halogens is 2. The zero-order valence-corrected chi connectivity index (χ0v) is 10.4. The van der Waals surface area contributed by atoms with Gasteiger partial charge in [0.15, 0.2) is 0 Å². The van der Waals surface area contributed by atoms with Crippen molar-refractivity contribution in [1.29, 1.82) is 0 Å². The number of benzene rings is 1. The van der Waals surface area contributed by atoms with Crippen LogP contribution < -0.4 is 5.32 Å². The van der Waals surface area contributed by atoms with E-state index in [9.17, 15) is 4.79 Å². The molecule has 4 heteroatoms. The highest BCUT2D eigenvalue weighted by molar-refractivity contribution is 9.10. The fourth-order valence-corrected chi connectivity index (χ4v) is 2.20. The second kappa shape index (κ2) is 4.14. The summed E-state index contributed by atoms with van der Waals surface area (Å²) in [6, 6.07) is 7.38. The topological polar surface area (TPSA) is 29.1 Å². The van der Waals surface area contributed by atoms with Crippen molar-refractivity contribution in [2.24, 2.45) is 0 Å². The summed E-state index contributed by atoms with van der Waals surface area (Å²) >= 11 is 9.15. The molecule has 1 aliphatic carbocycles. The molecule has 0 bridgehead atoms. The van der Waals surface area contributed by atoms with Gasteiger partial charge in [-0.25, -0.2) is 0 Å². The fourth-order valence-electron chi connectivity index (χ4n) is 1.40. The minimum absolute atomic E-state index is 0.0550. The molecule has 0 radical (unpaired) electrons. The van der Waals surface area contributed by atoms with E-state index >= 15 is 0 Å². The summed E-state index contributed by atoms with van der Waals surface area (Å²) < 4.78 is 0.813. The zero-order chi connectivity index (χ0) is 10.9. The number of amides is 1. The van der Waals surface area contributed by atoms with Crippen molar-refractivity contribution in [2.45, 2.75) is 18.4 Å². The van der Waals surface area contributed by atoms with Crippen LogP contribution >= 0.6 is 27.5 Å². The molecule has 0 aliphatic heterocycles. The SMILES string of the molecule is O=C(NC1(CCl)CC1)c1ccccc1Br. The van der Waals surface area contributed by atoms with Crippen molar-refractivity contribution in [3.8, 4) is 0 Å². The summed E-state index contributed by atoms with van der Waals surface area (Å²) in [5.41, 5.74) is 0.516. The van der Waals surface area contributed by atoms with E-state index in [1.807, 2.05) is 18.2 Å². The molecule has 1 aromatic rings. The van der Waals surface area contributed by atoms with Gasteiger partial charge in [-0.05, 0) is 40.9 Å². The number of hydrogen-bond acceptors (Lipinski definition) is 1. The third-order valence-corrected chi connectivity index (χ3v) is 3.81. The molecule has 2 rings (SSSR count). The molecule has 80 valence electrons. The Morgan fingerprint density at radius 2 is 2.13 bits per heavy atom. The summed E-state index contributed by atoms with van der Waals surface area (Å²) in [6.07, 6.45) is 1.96. The van der Waals surface area contributed by atoms with E-state index in [4.69, 9.17) is 11.6 Å². The number of nitrogens with one attached hydrogen (secondary N) is 1. The molecule has 1 aliphatic rings. The molecule has 1 aromatic carbocycles. The highest BCUT2D eigenvalue weighted by Crippen LogP contribution is 2.36. The largest absolute Gasteiger partial charge is 0.345 e. The minimum Gasteiger partial charge on any atom is -0.345 e. The maximum absolute atomic E-state index is 11.9. The molecular weight excluding hydrogens is 277 g/mol. The van der Waals surface area contributed by atoms with E-state index < -0.39 is 0 Å². The van der Waals surface area contributed by atoms with Crippen LogP contribution in [0.25, 0.3) is 0 Å². The summed E-state index contributed by atoms with van der Waals surface area (Å²) in [7, 11) is 0. The first-order valence-corrected chi connectivity index (χ1v) is 6.13. The van der Waals surface area contributed by atoms with Gasteiger partial charge in [-0.2, -0.15) is 0 Å². The molecule has 0 spiro atoms. The normalized spacial score (nSPS) is 17.2. The average molecular weight is 289 g/mol. The molecule has 0 atom stereocenters. The third-order valence-electron chi connectivity index (χ3n) is 2.61. The first-order valence-electron chi connectivity index (χ1n) is 4.80. The van der Waals surface area contributed by atoms with Crippen molar-refractivity contribution in [3.05, 3.63) is 34.3 Å². The molecule has 1 N–H and O–H groups in total. The molecular formula is C11H11BrClNO. The van der Waals surface area contributed by atoms with Crippen LogP contribution in [0.4, 0.5) is 0 Å². The summed E-state index contributed by atoms with van der Waals surface area (Å²) in [6.45, 7) is 0. The molecule has 1 fully saturated rings. The Morgan fingerprint density at radius 3 is 2.67 bits per heavy atom. The maximum atomic E-state index is 11.9. The van der Waals surface area contributed by atoms with Gasteiger partial charge in [-0.3, -0.25) is 4.79 Å². The molecule has 15 heavy (non-hydrogen) atoms. The summed E-state index contributed by atoms with van der Waals surface area (Å²) in [5, 5.41) is 2.97. The van der Waals surface area contributed by atoms with Gasteiger partial charge >= 0.3 is 0 Å². The molecule has 1 saturated carbocycles. The van der Waals surface area contributed by atoms with E-state index in [1.54, 1.807) is 6.07 Å². The summed E-state index contributed by atoms with van der Waals surface area (Å²) in [5.74, 6) is 0.434.